The van der Waals surface area contributed by atoms with Gasteiger partial charge in [0, 0.05) is 5.69 Å². The summed E-state index contributed by atoms with van der Waals surface area (Å²) in [5, 5.41) is 9.38. The molecule has 1 unspecified atom stereocenters. The Morgan fingerprint density at radius 1 is 1.58 bits per heavy atom. The summed E-state index contributed by atoms with van der Waals surface area (Å²) < 4.78 is 4.96. The average Bonchev–Trinajstić information content (AvgIpc) is 2.40. The van der Waals surface area contributed by atoms with Crippen LogP contribution in [-0.2, 0) is 16.0 Å². The van der Waals surface area contributed by atoms with Crippen LogP contribution in [0.25, 0.3) is 0 Å². The van der Waals surface area contributed by atoms with Gasteiger partial charge >= 0.3 is 5.97 Å². The number of esters is 1. The van der Waals surface area contributed by atoms with E-state index in [4.69, 9.17) is 10.00 Å². The van der Waals surface area contributed by atoms with Gasteiger partial charge in [-0.1, -0.05) is 18.7 Å². The first-order valence-electron chi connectivity index (χ1n) is 6.27. The molecule has 19 heavy (non-hydrogen) atoms. The van der Waals surface area contributed by atoms with E-state index in [1.165, 1.54) is 11.8 Å². The van der Waals surface area contributed by atoms with Crippen LogP contribution < -0.4 is 0 Å². The number of rotatable bonds is 5. The number of nitrogens with zero attached hydrogens (tertiary/aromatic N) is 2. The SMILES string of the molecule is CCOC(=O)C(C)Sc1nc(CC)c(C)cc1C#N. The Bertz CT molecular complexity index is 509. The van der Waals surface area contributed by atoms with Gasteiger partial charge in [-0.2, -0.15) is 5.26 Å². The molecule has 0 radical (unpaired) electrons. The van der Waals surface area contributed by atoms with Crippen molar-refractivity contribution in [3.63, 3.8) is 0 Å². The third-order valence-electron chi connectivity index (χ3n) is 2.65. The first-order valence-corrected chi connectivity index (χ1v) is 7.15. The highest BCUT2D eigenvalue weighted by Gasteiger charge is 2.19. The third kappa shape index (κ3) is 3.97. The molecule has 1 heterocycles. The molecule has 102 valence electrons. The Balaban J connectivity index is 3.00. The fraction of sp³-hybridized carbons (Fsp3) is 0.500. The highest BCUT2D eigenvalue weighted by molar-refractivity contribution is 8.00. The molecule has 0 N–H and O–H groups in total. The third-order valence-corrected chi connectivity index (χ3v) is 3.73. The molecule has 0 fully saturated rings. The van der Waals surface area contributed by atoms with Crippen molar-refractivity contribution < 1.29 is 9.53 Å². The molecule has 0 bridgehead atoms. The van der Waals surface area contributed by atoms with Crippen LogP contribution in [0.4, 0.5) is 0 Å². The lowest BCUT2D eigenvalue weighted by atomic mass is 10.1. The number of carbonyl (C=O) groups excluding carboxylic acids is 1. The number of hydrogen-bond acceptors (Lipinski definition) is 5. The van der Waals surface area contributed by atoms with Crippen molar-refractivity contribution in [1.82, 2.24) is 4.98 Å². The predicted molar refractivity (Wildman–Crippen MR) is 75.0 cm³/mol. The fourth-order valence-corrected chi connectivity index (χ4v) is 2.53. The zero-order valence-electron chi connectivity index (χ0n) is 11.7. The lowest BCUT2D eigenvalue weighted by Crippen LogP contribution is -2.17. The summed E-state index contributed by atoms with van der Waals surface area (Å²) in [5.41, 5.74) is 2.47. The maximum absolute atomic E-state index is 11.6. The zero-order chi connectivity index (χ0) is 14.4. The van der Waals surface area contributed by atoms with Crippen LogP contribution in [0.3, 0.4) is 0 Å². The van der Waals surface area contributed by atoms with Crippen molar-refractivity contribution in [2.24, 2.45) is 0 Å². The summed E-state index contributed by atoms with van der Waals surface area (Å²) in [4.78, 5) is 16.1. The van der Waals surface area contributed by atoms with Gasteiger partial charge in [-0.15, -0.1) is 0 Å². The standard InChI is InChI=1S/C14H18N2O2S/c1-5-12-9(3)7-11(8-15)13(16-12)19-10(4)14(17)18-6-2/h7,10H,5-6H2,1-4H3. The lowest BCUT2D eigenvalue weighted by molar-refractivity contribution is -0.142. The summed E-state index contributed by atoms with van der Waals surface area (Å²) in [6.07, 6.45) is 0.804. The number of aryl methyl sites for hydroxylation is 2. The minimum absolute atomic E-state index is 0.281. The Morgan fingerprint density at radius 2 is 2.26 bits per heavy atom. The van der Waals surface area contributed by atoms with Crippen LogP contribution in [0.1, 0.15) is 37.6 Å². The molecule has 1 aromatic rings. The second-order valence-electron chi connectivity index (χ2n) is 4.08. The second kappa shape index (κ2) is 7.15. The van der Waals surface area contributed by atoms with Gasteiger partial charge in [-0.3, -0.25) is 4.79 Å². The highest BCUT2D eigenvalue weighted by atomic mass is 32.2. The molecule has 4 nitrogen and oxygen atoms in total. The minimum Gasteiger partial charge on any atom is -0.465 e. The van der Waals surface area contributed by atoms with E-state index in [9.17, 15) is 4.79 Å². The molecule has 0 aliphatic rings. The Morgan fingerprint density at radius 3 is 2.79 bits per heavy atom. The summed E-state index contributed by atoms with van der Waals surface area (Å²) in [5.74, 6) is -0.281. The summed E-state index contributed by atoms with van der Waals surface area (Å²) in [6, 6.07) is 3.95. The van der Waals surface area contributed by atoms with Gasteiger partial charge in [0.2, 0.25) is 0 Å². The number of thioether (sulfide) groups is 1. The first-order chi connectivity index (χ1) is 9.03. The van der Waals surface area contributed by atoms with Crippen LogP contribution >= 0.6 is 11.8 Å². The van der Waals surface area contributed by atoms with Crippen LogP contribution in [0.15, 0.2) is 11.1 Å². The van der Waals surface area contributed by atoms with Gasteiger partial charge in [0.25, 0.3) is 0 Å². The molecule has 1 atom stereocenters. The molecular formula is C14H18N2O2S. The van der Waals surface area contributed by atoms with E-state index in [2.05, 4.69) is 11.1 Å². The molecule has 1 rings (SSSR count). The van der Waals surface area contributed by atoms with Gasteiger partial charge < -0.3 is 4.74 Å². The molecular weight excluding hydrogens is 260 g/mol. The van der Waals surface area contributed by atoms with Gasteiger partial charge in [0.05, 0.1) is 12.2 Å². The van der Waals surface area contributed by atoms with Gasteiger partial charge in [-0.25, -0.2) is 4.98 Å². The van der Waals surface area contributed by atoms with E-state index < -0.39 is 0 Å². The lowest BCUT2D eigenvalue weighted by Gasteiger charge is -2.12. The molecule has 0 aromatic carbocycles. The monoisotopic (exact) mass is 278 g/mol. The van der Waals surface area contributed by atoms with Crippen molar-refractivity contribution >= 4 is 17.7 Å². The Hall–Kier alpha value is -1.54. The molecule has 0 amide bonds. The fourth-order valence-electron chi connectivity index (χ4n) is 1.64. The van der Waals surface area contributed by atoms with Crippen LogP contribution in [-0.4, -0.2) is 22.8 Å². The summed E-state index contributed by atoms with van der Waals surface area (Å²) in [6.45, 7) is 7.85. The highest BCUT2D eigenvalue weighted by Crippen LogP contribution is 2.27. The average molecular weight is 278 g/mol. The van der Waals surface area contributed by atoms with Crippen molar-refractivity contribution in [2.75, 3.05) is 6.61 Å². The predicted octanol–water partition coefficient (Wildman–Crippen LogP) is 2.87. The van der Waals surface area contributed by atoms with Gasteiger partial charge in [0.15, 0.2) is 0 Å². The summed E-state index contributed by atoms with van der Waals surface area (Å²) >= 11 is 1.27. The quantitative estimate of drug-likeness (QED) is 0.612. The number of ether oxygens (including phenoxy) is 1. The van der Waals surface area contributed by atoms with Crippen LogP contribution in [0, 0.1) is 18.3 Å². The van der Waals surface area contributed by atoms with Crippen molar-refractivity contribution in [3.8, 4) is 6.07 Å². The van der Waals surface area contributed by atoms with Gasteiger partial charge in [-0.05, 0) is 38.8 Å². The molecule has 0 aliphatic carbocycles. The second-order valence-corrected chi connectivity index (χ2v) is 5.41. The largest absolute Gasteiger partial charge is 0.465 e. The van der Waals surface area contributed by atoms with E-state index in [0.717, 1.165) is 17.7 Å². The number of nitriles is 1. The first kappa shape index (κ1) is 15.5. The smallest absolute Gasteiger partial charge is 0.319 e. The maximum Gasteiger partial charge on any atom is 0.319 e. The minimum atomic E-state index is -0.369. The van der Waals surface area contributed by atoms with Crippen LogP contribution in [0.5, 0.6) is 0 Å². The number of aromatic nitrogens is 1. The van der Waals surface area contributed by atoms with Crippen molar-refractivity contribution in [1.29, 1.82) is 5.26 Å². The summed E-state index contributed by atoms with van der Waals surface area (Å²) in [7, 11) is 0. The van der Waals surface area contributed by atoms with E-state index in [-0.39, 0.29) is 11.2 Å². The maximum atomic E-state index is 11.6. The Labute approximate surface area is 118 Å². The van der Waals surface area contributed by atoms with Crippen molar-refractivity contribution in [3.05, 3.63) is 22.9 Å². The van der Waals surface area contributed by atoms with Crippen LogP contribution in [0.2, 0.25) is 0 Å². The normalized spacial score (nSPS) is 11.7. The van der Waals surface area contributed by atoms with E-state index in [1.54, 1.807) is 13.8 Å². The van der Waals surface area contributed by atoms with E-state index in [0.29, 0.717) is 17.2 Å². The molecule has 0 saturated carbocycles. The van der Waals surface area contributed by atoms with E-state index >= 15 is 0 Å². The zero-order valence-corrected chi connectivity index (χ0v) is 12.5. The number of carbonyl (C=O) groups is 1. The molecule has 1 aromatic heterocycles. The number of hydrogen-bond donors (Lipinski definition) is 0. The van der Waals surface area contributed by atoms with E-state index in [1.807, 2.05) is 19.9 Å². The topological polar surface area (TPSA) is 63.0 Å². The Kier molecular flexibility index (Phi) is 5.84. The van der Waals surface area contributed by atoms with Gasteiger partial charge in [0.1, 0.15) is 16.3 Å². The molecule has 5 heteroatoms. The molecule has 0 saturated heterocycles. The molecule has 0 spiro atoms. The molecule has 0 aliphatic heterocycles. The van der Waals surface area contributed by atoms with Crippen molar-refractivity contribution in [2.45, 2.75) is 44.4 Å². The number of pyridine rings is 1.